The van der Waals surface area contributed by atoms with E-state index >= 15 is 0 Å². The molecule has 1 aromatic carbocycles. The molecule has 6 nitrogen and oxygen atoms in total. The van der Waals surface area contributed by atoms with Gasteiger partial charge >= 0.3 is 0 Å². The summed E-state index contributed by atoms with van der Waals surface area (Å²) < 4.78 is 11.3. The molecule has 0 unspecified atom stereocenters. The van der Waals surface area contributed by atoms with Crippen molar-refractivity contribution < 1.29 is 9.47 Å². The molecule has 140 valence electrons. The van der Waals surface area contributed by atoms with E-state index < -0.39 is 0 Å². The van der Waals surface area contributed by atoms with E-state index in [1.807, 2.05) is 24.3 Å². The monoisotopic (exact) mass is 348 g/mol. The van der Waals surface area contributed by atoms with E-state index in [-0.39, 0.29) is 0 Å². The van der Waals surface area contributed by atoms with Crippen molar-refractivity contribution in [3.05, 3.63) is 29.8 Å². The number of nitrogens with zero attached hydrogens (tertiary/aromatic N) is 2. The van der Waals surface area contributed by atoms with Gasteiger partial charge in [0, 0.05) is 31.7 Å². The van der Waals surface area contributed by atoms with Crippen molar-refractivity contribution in [1.29, 1.82) is 0 Å². The second kappa shape index (κ2) is 10.9. The normalized spacial score (nSPS) is 16.2. The first-order valence-corrected chi connectivity index (χ1v) is 9.19. The smallest absolute Gasteiger partial charge is 0.188 e. The fourth-order valence-electron chi connectivity index (χ4n) is 2.60. The molecule has 2 rings (SSSR count). The Balaban J connectivity index is 1.78. The number of rotatable bonds is 9. The van der Waals surface area contributed by atoms with Gasteiger partial charge < -0.3 is 20.5 Å². The van der Waals surface area contributed by atoms with Crippen molar-refractivity contribution in [3.63, 3.8) is 0 Å². The molecule has 25 heavy (non-hydrogen) atoms. The van der Waals surface area contributed by atoms with E-state index in [9.17, 15) is 0 Å². The molecule has 1 saturated heterocycles. The molecule has 1 aromatic rings. The molecule has 1 aliphatic heterocycles. The van der Waals surface area contributed by atoms with Crippen LogP contribution in [0, 0.1) is 5.92 Å². The number of hydrogen-bond acceptors (Lipinski definition) is 4. The minimum Gasteiger partial charge on any atom is -0.492 e. The molecule has 1 heterocycles. The van der Waals surface area contributed by atoms with Crippen molar-refractivity contribution in [3.8, 4) is 5.75 Å². The summed E-state index contributed by atoms with van der Waals surface area (Å²) in [5, 5.41) is 3.16. The summed E-state index contributed by atoms with van der Waals surface area (Å²) in [5.74, 6) is 2.03. The zero-order valence-electron chi connectivity index (χ0n) is 15.5. The molecule has 3 N–H and O–H groups in total. The van der Waals surface area contributed by atoms with Crippen molar-refractivity contribution in [2.24, 2.45) is 16.6 Å². The Bertz CT molecular complexity index is 528. The average Bonchev–Trinajstić information content (AvgIpc) is 2.61. The first-order chi connectivity index (χ1) is 12.1. The Morgan fingerprint density at radius 1 is 1.32 bits per heavy atom. The lowest BCUT2D eigenvalue weighted by Gasteiger charge is -2.26. The second-order valence-corrected chi connectivity index (χ2v) is 6.72. The summed E-state index contributed by atoms with van der Waals surface area (Å²) in [6.07, 6.45) is 1.08. The van der Waals surface area contributed by atoms with Crippen LogP contribution in [0.25, 0.3) is 0 Å². The third-order valence-corrected chi connectivity index (χ3v) is 4.19. The largest absolute Gasteiger partial charge is 0.492 e. The van der Waals surface area contributed by atoms with E-state index in [1.54, 1.807) is 0 Å². The molecule has 0 aliphatic carbocycles. The van der Waals surface area contributed by atoms with Crippen LogP contribution in [-0.2, 0) is 11.3 Å². The topological polar surface area (TPSA) is 72.1 Å². The molecule has 1 aliphatic rings. The molecule has 1 fully saturated rings. The minimum atomic E-state index is 0.490. The zero-order chi connectivity index (χ0) is 17.9. The molecule has 6 heteroatoms. The Kier molecular flexibility index (Phi) is 8.55. The van der Waals surface area contributed by atoms with Crippen LogP contribution < -0.4 is 15.8 Å². The Labute approximate surface area is 151 Å². The minimum absolute atomic E-state index is 0.490. The highest BCUT2D eigenvalue weighted by atomic mass is 16.5. The van der Waals surface area contributed by atoms with E-state index in [4.69, 9.17) is 15.2 Å². The highest BCUT2D eigenvalue weighted by Crippen LogP contribution is 2.18. The fraction of sp³-hybridized carbons (Fsp3) is 0.632. The first kappa shape index (κ1) is 19.5. The van der Waals surface area contributed by atoms with Gasteiger partial charge in [0.2, 0.25) is 0 Å². The maximum atomic E-state index is 5.97. The van der Waals surface area contributed by atoms with Crippen LogP contribution in [0.15, 0.2) is 29.3 Å². The average molecular weight is 348 g/mol. The molecule has 0 atom stereocenters. The molecule has 0 amide bonds. The van der Waals surface area contributed by atoms with Gasteiger partial charge in [-0.1, -0.05) is 32.0 Å². The van der Waals surface area contributed by atoms with Crippen molar-refractivity contribution in [1.82, 2.24) is 10.2 Å². The van der Waals surface area contributed by atoms with Gasteiger partial charge in [0.1, 0.15) is 12.4 Å². The van der Waals surface area contributed by atoms with Gasteiger partial charge in [-0.15, -0.1) is 0 Å². The number of aliphatic imine (C=N–C) groups is 1. The van der Waals surface area contributed by atoms with Crippen LogP contribution in [0.3, 0.4) is 0 Å². The van der Waals surface area contributed by atoms with Crippen molar-refractivity contribution in [2.75, 3.05) is 46.0 Å². The zero-order valence-corrected chi connectivity index (χ0v) is 15.5. The van der Waals surface area contributed by atoms with Gasteiger partial charge in [-0.2, -0.15) is 0 Å². The molecular weight excluding hydrogens is 316 g/mol. The summed E-state index contributed by atoms with van der Waals surface area (Å²) in [4.78, 5) is 6.79. The highest BCUT2D eigenvalue weighted by Gasteiger charge is 2.10. The van der Waals surface area contributed by atoms with E-state index in [1.165, 1.54) is 0 Å². The Morgan fingerprint density at radius 3 is 2.84 bits per heavy atom. The van der Waals surface area contributed by atoms with Crippen molar-refractivity contribution in [2.45, 2.75) is 26.8 Å². The van der Waals surface area contributed by atoms with Crippen LogP contribution in [0.5, 0.6) is 5.75 Å². The number of guanidine groups is 1. The third-order valence-electron chi connectivity index (χ3n) is 4.19. The van der Waals surface area contributed by atoms with Gasteiger partial charge in [0.25, 0.3) is 0 Å². The van der Waals surface area contributed by atoms with Gasteiger partial charge in [0.15, 0.2) is 5.96 Å². The molecule has 0 saturated carbocycles. The highest BCUT2D eigenvalue weighted by molar-refractivity contribution is 5.77. The summed E-state index contributed by atoms with van der Waals surface area (Å²) in [6.45, 7) is 10.9. The lowest BCUT2D eigenvalue weighted by atomic mass is 10.1. The van der Waals surface area contributed by atoms with E-state index in [0.717, 1.165) is 57.1 Å². The Morgan fingerprint density at radius 2 is 2.08 bits per heavy atom. The lowest BCUT2D eigenvalue weighted by molar-refractivity contribution is 0.0322. The van der Waals surface area contributed by atoms with Crippen LogP contribution in [0.1, 0.15) is 25.8 Å². The van der Waals surface area contributed by atoms with Crippen molar-refractivity contribution >= 4 is 5.96 Å². The molecule has 0 radical (unpaired) electrons. The molecule has 0 bridgehead atoms. The second-order valence-electron chi connectivity index (χ2n) is 6.72. The fourth-order valence-corrected chi connectivity index (χ4v) is 2.60. The third kappa shape index (κ3) is 7.75. The van der Waals surface area contributed by atoms with Gasteiger partial charge in [-0.3, -0.25) is 4.90 Å². The summed E-state index contributed by atoms with van der Waals surface area (Å²) in [6, 6.07) is 8.02. The predicted octanol–water partition coefficient (Wildman–Crippen LogP) is 1.85. The number of morpholine rings is 1. The van der Waals surface area contributed by atoms with Crippen LogP contribution >= 0.6 is 0 Å². The van der Waals surface area contributed by atoms with Gasteiger partial charge in [-0.25, -0.2) is 4.99 Å². The molecule has 0 aromatic heterocycles. The molecular formula is C19H32N4O2. The number of benzene rings is 1. The number of nitrogens with two attached hydrogens (primary N) is 1. The predicted molar refractivity (Wildman–Crippen MR) is 102 cm³/mol. The quantitative estimate of drug-likeness (QED) is 0.526. The number of nitrogens with one attached hydrogen (secondary N) is 1. The maximum Gasteiger partial charge on any atom is 0.188 e. The van der Waals surface area contributed by atoms with E-state index in [2.05, 4.69) is 29.1 Å². The summed E-state index contributed by atoms with van der Waals surface area (Å²) in [7, 11) is 0. The summed E-state index contributed by atoms with van der Waals surface area (Å²) in [5.41, 5.74) is 6.99. The van der Waals surface area contributed by atoms with Gasteiger partial charge in [-0.05, 0) is 18.4 Å². The van der Waals surface area contributed by atoms with Crippen LogP contribution in [0.2, 0.25) is 0 Å². The number of hydrogen-bond donors (Lipinski definition) is 2. The summed E-state index contributed by atoms with van der Waals surface area (Å²) >= 11 is 0. The first-order valence-electron chi connectivity index (χ1n) is 9.19. The van der Waals surface area contributed by atoms with Gasteiger partial charge in [0.05, 0.1) is 19.8 Å². The van der Waals surface area contributed by atoms with E-state index in [0.29, 0.717) is 25.0 Å². The van der Waals surface area contributed by atoms with Crippen LogP contribution in [-0.4, -0.2) is 56.9 Å². The lowest BCUT2D eigenvalue weighted by Crippen LogP contribution is -2.38. The number of para-hydroxylation sites is 1. The Hall–Kier alpha value is -1.79. The SMILES string of the molecule is CC(C)CCNC(N)=NCc1ccccc1OCCN1CCOCC1. The maximum absolute atomic E-state index is 5.97. The number of ether oxygens (including phenoxy) is 2. The van der Waals surface area contributed by atoms with Crippen LogP contribution in [0.4, 0.5) is 0 Å². The molecule has 0 spiro atoms. The standard InChI is InChI=1S/C19H32N4O2/c1-16(2)7-8-21-19(20)22-15-17-5-3-4-6-18(17)25-14-11-23-9-12-24-13-10-23/h3-6,16H,7-15H2,1-2H3,(H3,20,21,22).